The summed E-state index contributed by atoms with van der Waals surface area (Å²) in [6.07, 6.45) is 6.19. The first-order valence-corrected chi connectivity index (χ1v) is 5.58. The highest BCUT2D eigenvalue weighted by atomic mass is 16.3. The van der Waals surface area contributed by atoms with Crippen LogP contribution in [0.4, 0.5) is 0 Å². The fourth-order valence-corrected chi connectivity index (χ4v) is 1.32. The van der Waals surface area contributed by atoms with Crippen LogP contribution in [-0.2, 0) is 0 Å². The van der Waals surface area contributed by atoms with Crippen LogP contribution in [0.3, 0.4) is 0 Å². The monoisotopic (exact) mass is 199 g/mol. The van der Waals surface area contributed by atoms with Crippen LogP contribution in [0.15, 0.2) is 12.8 Å². The molecule has 0 aliphatic rings. The predicted octanol–water partition coefficient (Wildman–Crippen LogP) is 2.64. The van der Waals surface area contributed by atoms with Crippen molar-refractivity contribution in [2.45, 2.75) is 45.6 Å². The van der Waals surface area contributed by atoms with Gasteiger partial charge in [0.15, 0.2) is 0 Å². The number of unbranched alkanes of at least 4 members (excludes halogenated alkanes) is 2. The van der Waals surface area contributed by atoms with Gasteiger partial charge in [-0.1, -0.05) is 33.3 Å². The Labute approximate surface area is 88.6 Å². The zero-order valence-electron chi connectivity index (χ0n) is 9.87. The molecule has 2 nitrogen and oxygen atoms in total. The van der Waals surface area contributed by atoms with Gasteiger partial charge >= 0.3 is 0 Å². The Morgan fingerprint density at radius 2 is 1.93 bits per heavy atom. The van der Waals surface area contributed by atoms with E-state index in [1.807, 2.05) is 13.2 Å². The van der Waals surface area contributed by atoms with Gasteiger partial charge < -0.3 is 10.0 Å². The van der Waals surface area contributed by atoms with E-state index in [1.54, 1.807) is 0 Å². The van der Waals surface area contributed by atoms with Crippen LogP contribution in [-0.4, -0.2) is 29.7 Å². The van der Waals surface area contributed by atoms with E-state index < -0.39 is 0 Å². The van der Waals surface area contributed by atoms with E-state index >= 15 is 0 Å². The molecule has 0 saturated carbocycles. The molecule has 0 radical (unpaired) electrons. The Bertz CT molecular complexity index is 145. The van der Waals surface area contributed by atoms with Gasteiger partial charge in [0, 0.05) is 13.6 Å². The molecule has 2 heteroatoms. The third-order valence-electron chi connectivity index (χ3n) is 2.59. The average Bonchev–Trinajstić information content (AvgIpc) is 2.16. The van der Waals surface area contributed by atoms with Gasteiger partial charge in [-0.05, 0) is 25.0 Å². The largest absolute Gasteiger partial charge is 0.393 e. The van der Waals surface area contributed by atoms with Crippen LogP contribution in [0.25, 0.3) is 0 Å². The second-order valence-corrected chi connectivity index (χ2v) is 4.32. The van der Waals surface area contributed by atoms with Crippen LogP contribution >= 0.6 is 0 Å². The highest BCUT2D eigenvalue weighted by Gasteiger charge is 2.07. The molecule has 0 rings (SSSR count). The van der Waals surface area contributed by atoms with Crippen LogP contribution in [0.5, 0.6) is 0 Å². The summed E-state index contributed by atoms with van der Waals surface area (Å²) in [4.78, 5) is 2.10. The highest BCUT2D eigenvalue weighted by Crippen LogP contribution is 2.10. The van der Waals surface area contributed by atoms with Crippen LogP contribution in [0.1, 0.15) is 39.5 Å². The number of hydrogen-bond donors (Lipinski definition) is 1. The second-order valence-electron chi connectivity index (χ2n) is 4.32. The topological polar surface area (TPSA) is 23.5 Å². The van der Waals surface area contributed by atoms with E-state index in [0.29, 0.717) is 5.92 Å². The van der Waals surface area contributed by atoms with Gasteiger partial charge in [0.2, 0.25) is 0 Å². The summed E-state index contributed by atoms with van der Waals surface area (Å²) in [5, 5.41) is 9.55. The van der Waals surface area contributed by atoms with Crippen molar-refractivity contribution in [1.82, 2.24) is 4.90 Å². The molecule has 84 valence electrons. The molecule has 0 spiro atoms. The van der Waals surface area contributed by atoms with E-state index in [0.717, 1.165) is 19.4 Å². The number of aliphatic hydroxyl groups is 1. The number of rotatable bonds is 8. The quantitative estimate of drug-likeness (QED) is 0.607. The second kappa shape index (κ2) is 7.86. The molecule has 0 heterocycles. The minimum atomic E-state index is -0.118. The van der Waals surface area contributed by atoms with E-state index in [2.05, 4.69) is 25.3 Å². The van der Waals surface area contributed by atoms with Crippen LogP contribution in [0.2, 0.25) is 0 Å². The molecule has 0 fully saturated rings. The molecular weight excluding hydrogens is 174 g/mol. The summed E-state index contributed by atoms with van der Waals surface area (Å²) in [5.74, 6) is 0.394. The molecule has 14 heavy (non-hydrogen) atoms. The van der Waals surface area contributed by atoms with Crippen molar-refractivity contribution in [1.29, 1.82) is 0 Å². The zero-order valence-corrected chi connectivity index (χ0v) is 9.87. The van der Waals surface area contributed by atoms with Gasteiger partial charge in [-0.15, -0.1) is 0 Å². The maximum absolute atomic E-state index is 9.55. The molecule has 0 aromatic rings. The first kappa shape index (κ1) is 13.5. The summed E-state index contributed by atoms with van der Waals surface area (Å²) in [7, 11) is 2.04. The lowest BCUT2D eigenvalue weighted by Gasteiger charge is -2.15. The summed E-state index contributed by atoms with van der Waals surface area (Å²) >= 11 is 0. The molecule has 0 aromatic carbocycles. The highest BCUT2D eigenvalue weighted by molar-refractivity contribution is 4.66. The predicted molar refractivity (Wildman–Crippen MR) is 62.1 cm³/mol. The fraction of sp³-hybridized carbons (Fsp3) is 0.833. The summed E-state index contributed by atoms with van der Waals surface area (Å²) in [6, 6.07) is 0. The summed E-state index contributed by atoms with van der Waals surface area (Å²) in [6.45, 7) is 8.90. The molecule has 1 N–H and O–H groups in total. The van der Waals surface area contributed by atoms with E-state index in [1.165, 1.54) is 12.8 Å². The molecule has 0 aliphatic carbocycles. The van der Waals surface area contributed by atoms with Crippen molar-refractivity contribution < 1.29 is 5.11 Å². The fourth-order valence-electron chi connectivity index (χ4n) is 1.32. The molecule has 0 saturated heterocycles. The molecular formula is C12H25NO. The molecule has 0 aromatic heterocycles. The van der Waals surface area contributed by atoms with Crippen molar-refractivity contribution in [3.05, 3.63) is 12.8 Å². The number of hydrogen-bond acceptors (Lipinski definition) is 2. The Morgan fingerprint density at radius 3 is 2.43 bits per heavy atom. The summed E-state index contributed by atoms with van der Waals surface area (Å²) < 4.78 is 0. The van der Waals surface area contributed by atoms with Gasteiger partial charge in [0.1, 0.15) is 0 Å². The maximum atomic E-state index is 9.55. The third-order valence-corrected chi connectivity index (χ3v) is 2.59. The average molecular weight is 199 g/mol. The first-order chi connectivity index (χ1) is 6.57. The molecule has 1 atom stereocenters. The Morgan fingerprint density at radius 1 is 1.29 bits per heavy atom. The van der Waals surface area contributed by atoms with Gasteiger partial charge in [-0.3, -0.25) is 0 Å². The van der Waals surface area contributed by atoms with Crippen molar-refractivity contribution in [3.8, 4) is 0 Å². The van der Waals surface area contributed by atoms with Gasteiger partial charge in [0.25, 0.3) is 0 Å². The van der Waals surface area contributed by atoms with Gasteiger partial charge in [-0.2, -0.15) is 0 Å². The normalized spacial score (nSPS) is 12.9. The van der Waals surface area contributed by atoms with E-state index in [4.69, 9.17) is 0 Å². The molecule has 0 amide bonds. The first-order valence-electron chi connectivity index (χ1n) is 5.58. The Hall–Kier alpha value is -0.500. The van der Waals surface area contributed by atoms with Crippen molar-refractivity contribution >= 4 is 0 Å². The Kier molecular flexibility index (Phi) is 7.58. The third kappa shape index (κ3) is 6.96. The van der Waals surface area contributed by atoms with Crippen LogP contribution in [0, 0.1) is 5.92 Å². The van der Waals surface area contributed by atoms with Crippen molar-refractivity contribution in [2.75, 3.05) is 13.6 Å². The smallest absolute Gasteiger partial charge is 0.0563 e. The van der Waals surface area contributed by atoms with Gasteiger partial charge in [-0.25, -0.2) is 0 Å². The number of nitrogens with zero attached hydrogens (tertiary/aromatic N) is 1. The lowest BCUT2D eigenvalue weighted by atomic mass is 10.0. The Balaban J connectivity index is 3.25. The van der Waals surface area contributed by atoms with Crippen LogP contribution < -0.4 is 0 Å². The lowest BCUT2D eigenvalue weighted by molar-refractivity contribution is 0.113. The zero-order chi connectivity index (χ0) is 11.0. The molecule has 0 aliphatic heterocycles. The maximum Gasteiger partial charge on any atom is 0.0563 e. The lowest BCUT2D eigenvalue weighted by Crippen LogP contribution is -2.15. The van der Waals surface area contributed by atoms with E-state index in [9.17, 15) is 5.11 Å². The standard InChI is InChI=1S/C12H25NO/c1-5-13(4)10-8-6-7-9-12(14)11(2)3/h5,11-12,14H,1,6-10H2,2-4H3. The minimum Gasteiger partial charge on any atom is -0.393 e. The summed E-state index contributed by atoms with van der Waals surface area (Å²) in [5.41, 5.74) is 0. The van der Waals surface area contributed by atoms with Crippen molar-refractivity contribution in [2.24, 2.45) is 5.92 Å². The van der Waals surface area contributed by atoms with Gasteiger partial charge in [0.05, 0.1) is 6.10 Å². The SMILES string of the molecule is C=CN(C)CCCCCC(O)C(C)C. The number of aliphatic hydroxyl groups excluding tert-OH is 1. The molecule has 1 unspecified atom stereocenters. The minimum absolute atomic E-state index is 0.118. The molecule has 0 bridgehead atoms. The van der Waals surface area contributed by atoms with Crippen molar-refractivity contribution in [3.63, 3.8) is 0 Å². The van der Waals surface area contributed by atoms with E-state index in [-0.39, 0.29) is 6.10 Å².